The number of unbranched alkanes of at least 4 members (excludes halogenated alkanes) is 2. The fourth-order valence-electron chi connectivity index (χ4n) is 5.10. The van der Waals surface area contributed by atoms with Gasteiger partial charge in [-0.05, 0) is 69.1 Å². The number of imide groups is 1. The van der Waals surface area contributed by atoms with Crippen LogP contribution in [-0.2, 0) is 40.1 Å². The molecule has 1 fully saturated rings. The van der Waals surface area contributed by atoms with E-state index in [-0.39, 0.29) is 61.8 Å². The van der Waals surface area contributed by atoms with Crippen molar-refractivity contribution in [2.24, 2.45) is 11.7 Å². The molecule has 1 aromatic rings. The summed E-state index contributed by atoms with van der Waals surface area (Å²) in [5, 5.41) is 13.4. The van der Waals surface area contributed by atoms with Crippen LogP contribution in [0, 0.1) is 5.92 Å². The largest absolute Gasteiger partial charge is 0.445 e. The van der Waals surface area contributed by atoms with Gasteiger partial charge in [-0.1, -0.05) is 32.4 Å². The number of hydrogen-bond donors (Lipinski definition) is 6. The minimum atomic E-state index is -1.01. The van der Waals surface area contributed by atoms with E-state index in [9.17, 15) is 33.6 Å². The average molecular weight is 714 g/mol. The fourth-order valence-corrected chi connectivity index (χ4v) is 5.10. The standard InChI is InChI=1S/C35H51N7O9/c1-23(2)30(41-27(43)9-5-4-6-20-42-28(44)14-15-29(42)45)32(47)40-26(8-7-18-37-33(36)48)31(46)39-25-12-10-24(11-13-25)22-50-34(49)38-19-21-51-35(3)16-17-35/h10-15,23,26,30H,4-9,16-22H2,1-3H3,(H,38,49)(H,39,46)(H,40,47)(H,41,43)(H3,36,37,48)/t26-,30-/m0/s1. The summed E-state index contributed by atoms with van der Waals surface area (Å²) < 4.78 is 10.9. The third-order valence-electron chi connectivity index (χ3n) is 8.42. The first-order valence-corrected chi connectivity index (χ1v) is 17.4. The molecule has 0 radical (unpaired) electrons. The summed E-state index contributed by atoms with van der Waals surface area (Å²) in [5.74, 6) is -2.39. The molecule has 7 N–H and O–H groups in total. The highest BCUT2D eigenvalue weighted by atomic mass is 16.5. The van der Waals surface area contributed by atoms with Crippen LogP contribution in [0.2, 0.25) is 0 Å². The first-order valence-electron chi connectivity index (χ1n) is 17.4. The van der Waals surface area contributed by atoms with Gasteiger partial charge in [0.2, 0.25) is 17.7 Å². The highest BCUT2D eigenvalue weighted by Gasteiger charge is 2.38. The molecule has 0 unspecified atom stereocenters. The number of alkyl carbamates (subject to hydrolysis) is 1. The van der Waals surface area contributed by atoms with E-state index in [2.05, 4.69) is 26.6 Å². The van der Waals surface area contributed by atoms with Crippen LogP contribution in [0.3, 0.4) is 0 Å². The SMILES string of the molecule is CC(C)[C@H](NC(=O)CCCCCN1C(=O)C=CC1=O)C(=O)N[C@@H](CCCNC(N)=O)C(=O)Nc1ccc(COC(=O)NCCOC2(C)CC2)cc1. The van der Waals surface area contributed by atoms with Crippen molar-refractivity contribution in [2.45, 2.75) is 96.4 Å². The number of carbonyl (C=O) groups excluding carboxylic acids is 7. The molecule has 1 aliphatic carbocycles. The number of ether oxygens (including phenoxy) is 2. The molecule has 1 aromatic carbocycles. The van der Waals surface area contributed by atoms with Crippen LogP contribution in [0.5, 0.6) is 0 Å². The lowest BCUT2D eigenvalue weighted by Crippen LogP contribution is -2.54. The van der Waals surface area contributed by atoms with Crippen molar-refractivity contribution in [3.05, 3.63) is 42.0 Å². The second-order valence-electron chi connectivity index (χ2n) is 13.2. The number of urea groups is 1. The molecule has 3 rings (SSSR count). The lowest BCUT2D eigenvalue weighted by Gasteiger charge is -2.25. The van der Waals surface area contributed by atoms with Crippen LogP contribution in [0.25, 0.3) is 0 Å². The Bertz CT molecular complexity index is 1410. The molecule has 280 valence electrons. The monoisotopic (exact) mass is 713 g/mol. The highest BCUT2D eigenvalue weighted by Crippen LogP contribution is 2.38. The zero-order valence-corrected chi connectivity index (χ0v) is 29.6. The predicted molar refractivity (Wildman–Crippen MR) is 187 cm³/mol. The van der Waals surface area contributed by atoms with Gasteiger partial charge in [0.1, 0.15) is 18.7 Å². The summed E-state index contributed by atoms with van der Waals surface area (Å²) in [4.78, 5) is 87.1. The van der Waals surface area contributed by atoms with Gasteiger partial charge in [-0.2, -0.15) is 0 Å². The first-order chi connectivity index (χ1) is 24.3. The Morgan fingerprint density at radius 2 is 1.57 bits per heavy atom. The van der Waals surface area contributed by atoms with E-state index in [1.54, 1.807) is 38.1 Å². The molecule has 1 saturated carbocycles. The maximum Gasteiger partial charge on any atom is 0.407 e. The molecule has 1 heterocycles. The van der Waals surface area contributed by atoms with Crippen LogP contribution in [0.1, 0.15) is 77.7 Å². The Kier molecular flexibility index (Phi) is 15.9. The summed E-state index contributed by atoms with van der Waals surface area (Å²) in [6.45, 7) is 6.80. The van der Waals surface area contributed by atoms with E-state index < -0.39 is 36.0 Å². The van der Waals surface area contributed by atoms with Gasteiger partial charge in [0.15, 0.2) is 0 Å². The van der Waals surface area contributed by atoms with Crippen molar-refractivity contribution in [3.8, 4) is 0 Å². The molecule has 16 nitrogen and oxygen atoms in total. The Morgan fingerprint density at radius 3 is 2.20 bits per heavy atom. The van der Waals surface area contributed by atoms with Crippen LogP contribution >= 0.6 is 0 Å². The van der Waals surface area contributed by atoms with Gasteiger partial charge in [-0.25, -0.2) is 9.59 Å². The van der Waals surface area contributed by atoms with Crippen molar-refractivity contribution in [2.75, 3.05) is 31.6 Å². The fraction of sp³-hybridized carbons (Fsp3) is 0.571. The number of anilines is 1. The van der Waals surface area contributed by atoms with Gasteiger partial charge in [0.25, 0.3) is 11.8 Å². The van der Waals surface area contributed by atoms with E-state index in [0.717, 1.165) is 17.7 Å². The van der Waals surface area contributed by atoms with Crippen molar-refractivity contribution in [1.82, 2.24) is 26.2 Å². The van der Waals surface area contributed by atoms with Crippen LogP contribution < -0.4 is 32.3 Å². The van der Waals surface area contributed by atoms with Gasteiger partial charge >= 0.3 is 12.1 Å². The summed E-state index contributed by atoms with van der Waals surface area (Å²) in [7, 11) is 0. The number of benzene rings is 1. The normalized spacial score (nSPS) is 15.6. The van der Waals surface area contributed by atoms with Crippen molar-refractivity contribution in [3.63, 3.8) is 0 Å². The molecule has 8 amide bonds. The topological polar surface area (TPSA) is 227 Å². The third kappa shape index (κ3) is 14.8. The van der Waals surface area contributed by atoms with E-state index in [0.29, 0.717) is 50.1 Å². The number of nitrogens with zero attached hydrogens (tertiary/aromatic N) is 1. The Labute approximate surface area is 298 Å². The molecule has 51 heavy (non-hydrogen) atoms. The minimum absolute atomic E-state index is 0.0187. The highest BCUT2D eigenvalue weighted by molar-refractivity contribution is 6.12. The lowest BCUT2D eigenvalue weighted by molar-refractivity contribution is -0.137. The first kappa shape index (κ1) is 40.4. The molecule has 2 aliphatic rings. The smallest absolute Gasteiger partial charge is 0.407 e. The molecule has 0 bridgehead atoms. The van der Waals surface area contributed by atoms with E-state index in [1.165, 1.54) is 12.2 Å². The van der Waals surface area contributed by atoms with Gasteiger partial charge in [-0.3, -0.25) is 28.9 Å². The maximum absolute atomic E-state index is 13.4. The summed E-state index contributed by atoms with van der Waals surface area (Å²) in [5.41, 5.74) is 6.22. The number of hydrogen-bond acceptors (Lipinski definition) is 9. The second kappa shape index (κ2) is 20.0. The Hall–Kier alpha value is -4.99. The second-order valence-corrected chi connectivity index (χ2v) is 13.2. The van der Waals surface area contributed by atoms with Crippen molar-refractivity contribution < 1.29 is 43.0 Å². The van der Waals surface area contributed by atoms with Crippen molar-refractivity contribution in [1.29, 1.82) is 0 Å². The molecule has 16 heteroatoms. The summed E-state index contributed by atoms with van der Waals surface area (Å²) >= 11 is 0. The molecular weight excluding hydrogens is 662 g/mol. The number of rotatable bonds is 22. The van der Waals surface area contributed by atoms with Gasteiger partial charge in [-0.15, -0.1) is 0 Å². The number of carbonyl (C=O) groups is 7. The van der Waals surface area contributed by atoms with Crippen LogP contribution in [0.15, 0.2) is 36.4 Å². The zero-order valence-electron chi connectivity index (χ0n) is 29.6. The minimum Gasteiger partial charge on any atom is -0.445 e. The van der Waals surface area contributed by atoms with Crippen LogP contribution in [-0.4, -0.2) is 90.5 Å². The van der Waals surface area contributed by atoms with Crippen molar-refractivity contribution >= 4 is 47.3 Å². The maximum atomic E-state index is 13.4. The molecule has 2 atom stereocenters. The van der Waals surface area contributed by atoms with E-state index >= 15 is 0 Å². The summed E-state index contributed by atoms with van der Waals surface area (Å²) in [6, 6.07) is 4.02. The summed E-state index contributed by atoms with van der Waals surface area (Å²) in [6.07, 6.45) is 6.21. The van der Waals surface area contributed by atoms with E-state index in [1.807, 2.05) is 6.92 Å². The molecule has 0 spiro atoms. The third-order valence-corrected chi connectivity index (χ3v) is 8.42. The van der Waals surface area contributed by atoms with Crippen LogP contribution in [0.4, 0.5) is 15.3 Å². The van der Waals surface area contributed by atoms with Gasteiger partial charge in [0, 0.05) is 43.9 Å². The Balaban J connectivity index is 1.47. The molecule has 0 aromatic heterocycles. The van der Waals surface area contributed by atoms with Gasteiger partial charge in [0.05, 0.1) is 12.2 Å². The molecule has 0 saturated heterocycles. The number of nitrogens with one attached hydrogen (secondary N) is 5. The number of amides is 8. The predicted octanol–water partition coefficient (Wildman–Crippen LogP) is 1.98. The number of primary amides is 1. The quantitative estimate of drug-likeness (QED) is 0.0762. The zero-order chi connectivity index (χ0) is 37.4. The van der Waals surface area contributed by atoms with Gasteiger partial charge < -0.3 is 41.8 Å². The molecule has 1 aliphatic heterocycles. The lowest BCUT2D eigenvalue weighted by atomic mass is 10.0. The molecular formula is C35H51N7O9. The van der Waals surface area contributed by atoms with E-state index in [4.69, 9.17) is 15.2 Å². The number of nitrogens with two attached hydrogens (primary N) is 1. The Morgan fingerprint density at radius 1 is 0.882 bits per heavy atom. The average Bonchev–Trinajstić information content (AvgIpc) is 3.74.